The molecule has 0 bridgehead atoms. The number of ether oxygens (including phenoxy) is 2. The Morgan fingerprint density at radius 2 is 1.74 bits per heavy atom. The first-order valence-corrected chi connectivity index (χ1v) is 12.7. The minimum absolute atomic E-state index is 0.291. The lowest BCUT2D eigenvalue weighted by Gasteiger charge is -2.23. The van der Waals surface area contributed by atoms with Gasteiger partial charge < -0.3 is 25.2 Å². The molecule has 0 saturated carbocycles. The molecule has 0 amide bonds. The SMILES string of the molecule is CCCN(C)CCOc1ccc(Cc2c(OC)ccc(-c3c(O)ccc4c3CCCC4)c2N)cc1. The number of benzene rings is 3. The fourth-order valence-corrected chi connectivity index (χ4v) is 5.07. The molecule has 0 saturated heterocycles. The molecule has 3 aromatic carbocycles. The van der Waals surface area contributed by atoms with Crippen LogP contribution in [0.25, 0.3) is 11.1 Å². The highest BCUT2D eigenvalue weighted by Crippen LogP contribution is 2.43. The van der Waals surface area contributed by atoms with Crippen molar-refractivity contribution in [3.05, 3.63) is 70.8 Å². The van der Waals surface area contributed by atoms with Crippen LogP contribution in [-0.2, 0) is 19.3 Å². The van der Waals surface area contributed by atoms with Crippen LogP contribution in [0.15, 0.2) is 48.5 Å². The smallest absolute Gasteiger partial charge is 0.124 e. The zero-order valence-electron chi connectivity index (χ0n) is 21.3. The number of anilines is 1. The van der Waals surface area contributed by atoms with Gasteiger partial charge in [0.05, 0.1) is 7.11 Å². The Labute approximate surface area is 209 Å². The summed E-state index contributed by atoms with van der Waals surface area (Å²) in [6.07, 6.45) is 6.12. The van der Waals surface area contributed by atoms with Crippen LogP contribution in [-0.4, -0.2) is 43.9 Å². The van der Waals surface area contributed by atoms with E-state index < -0.39 is 0 Å². The van der Waals surface area contributed by atoms with Gasteiger partial charge in [-0.05, 0) is 92.7 Å². The van der Waals surface area contributed by atoms with Crippen LogP contribution >= 0.6 is 0 Å². The maximum Gasteiger partial charge on any atom is 0.124 e. The van der Waals surface area contributed by atoms with Crippen molar-refractivity contribution in [3.63, 3.8) is 0 Å². The molecule has 1 aliphatic carbocycles. The zero-order valence-corrected chi connectivity index (χ0v) is 21.3. The van der Waals surface area contributed by atoms with Gasteiger partial charge in [-0.3, -0.25) is 0 Å². The molecule has 0 atom stereocenters. The Balaban J connectivity index is 1.57. The second-order valence-electron chi connectivity index (χ2n) is 9.48. The lowest BCUT2D eigenvalue weighted by atomic mass is 9.84. The van der Waals surface area contributed by atoms with Crippen molar-refractivity contribution in [2.24, 2.45) is 0 Å². The summed E-state index contributed by atoms with van der Waals surface area (Å²) >= 11 is 0. The van der Waals surface area contributed by atoms with Crippen molar-refractivity contribution in [2.45, 2.75) is 45.4 Å². The van der Waals surface area contributed by atoms with Crippen molar-refractivity contribution in [2.75, 3.05) is 39.6 Å². The average Bonchev–Trinajstić information content (AvgIpc) is 2.87. The highest BCUT2D eigenvalue weighted by atomic mass is 16.5. The monoisotopic (exact) mass is 474 g/mol. The van der Waals surface area contributed by atoms with E-state index in [2.05, 4.69) is 37.1 Å². The normalized spacial score (nSPS) is 13.0. The largest absolute Gasteiger partial charge is 0.507 e. The van der Waals surface area contributed by atoms with Gasteiger partial charge in [0.2, 0.25) is 0 Å². The molecular weight excluding hydrogens is 436 g/mol. The summed E-state index contributed by atoms with van der Waals surface area (Å²) in [6, 6.07) is 16.0. The van der Waals surface area contributed by atoms with Crippen LogP contribution in [0.5, 0.6) is 17.2 Å². The average molecular weight is 475 g/mol. The third-order valence-electron chi connectivity index (χ3n) is 6.97. The standard InChI is InChI=1S/C30H38N2O3/c1-4-17-32(2)18-19-35-23-12-9-21(10-13-23)20-26-28(34-3)16-14-25(30(26)31)29-24-8-6-5-7-22(24)11-15-27(29)33/h9-16,33H,4-8,17-20,31H2,1-3H3. The summed E-state index contributed by atoms with van der Waals surface area (Å²) < 4.78 is 11.6. The minimum Gasteiger partial charge on any atom is -0.507 e. The fourth-order valence-electron chi connectivity index (χ4n) is 5.07. The summed E-state index contributed by atoms with van der Waals surface area (Å²) in [5.41, 5.74) is 13.8. The van der Waals surface area contributed by atoms with Crippen molar-refractivity contribution in [3.8, 4) is 28.4 Å². The first kappa shape index (κ1) is 24.9. The number of rotatable bonds is 10. The number of hydrogen-bond acceptors (Lipinski definition) is 5. The summed E-state index contributed by atoms with van der Waals surface area (Å²) in [6.45, 7) is 4.84. The van der Waals surface area contributed by atoms with E-state index in [9.17, 15) is 5.11 Å². The second-order valence-corrected chi connectivity index (χ2v) is 9.48. The molecule has 0 heterocycles. The number of nitrogen functional groups attached to an aromatic ring is 1. The van der Waals surface area contributed by atoms with Crippen LogP contribution in [0.2, 0.25) is 0 Å². The molecule has 35 heavy (non-hydrogen) atoms. The highest BCUT2D eigenvalue weighted by Gasteiger charge is 2.22. The number of nitrogens with two attached hydrogens (primary N) is 1. The molecule has 3 aromatic rings. The number of phenols is 1. The lowest BCUT2D eigenvalue weighted by molar-refractivity contribution is 0.237. The molecule has 0 aliphatic heterocycles. The van der Waals surface area contributed by atoms with E-state index in [1.807, 2.05) is 30.3 Å². The van der Waals surface area contributed by atoms with Gasteiger partial charge in [-0.25, -0.2) is 0 Å². The third-order valence-corrected chi connectivity index (χ3v) is 6.97. The first-order chi connectivity index (χ1) is 17.0. The van der Waals surface area contributed by atoms with Crippen LogP contribution in [0.4, 0.5) is 5.69 Å². The van der Waals surface area contributed by atoms with Gasteiger partial charge in [-0.1, -0.05) is 25.1 Å². The first-order valence-electron chi connectivity index (χ1n) is 12.7. The van der Waals surface area contributed by atoms with E-state index in [-0.39, 0.29) is 0 Å². The summed E-state index contributed by atoms with van der Waals surface area (Å²) in [7, 11) is 3.79. The van der Waals surface area contributed by atoms with Gasteiger partial charge in [0.1, 0.15) is 23.9 Å². The molecule has 186 valence electrons. The number of likely N-dealkylation sites (N-methyl/N-ethyl adjacent to an activating group) is 1. The summed E-state index contributed by atoms with van der Waals surface area (Å²) in [5, 5.41) is 10.8. The van der Waals surface area contributed by atoms with Crippen molar-refractivity contribution < 1.29 is 14.6 Å². The van der Waals surface area contributed by atoms with Crippen LogP contribution in [0, 0.1) is 0 Å². The Morgan fingerprint density at radius 1 is 0.971 bits per heavy atom. The van der Waals surface area contributed by atoms with E-state index in [4.69, 9.17) is 15.2 Å². The van der Waals surface area contributed by atoms with Gasteiger partial charge in [0.25, 0.3) is 0 Å². The van der Waals surface area contributed by atoms with Gasteiger partial charge in [0.15, 0.2) is 0 Å². The molecule has 5 heteroatoms. The van der Waals surface area contributed by atoms with Gasteiger partial charge >= 0.3 is 0 Å². The maximum atomic E-state index is 10.8. The van der Waals surface area contributed by atoms with Gasteiger partial charge in [-0.2, -0.15) is 0 Å². The third kappa shape index (κ3) is 5.73. The summed E-state index contributed by atoms with van der Waals surface area (Å²) in [5.74, 6) is 1.92. The molecule has 0 fully saturated rings. The van der Waals surface area contributed by atoms with Crippen molar-refractivity contribution >= 4 is 5.69 Å². The fraction of sp³-hybridized carbons (Fsp3) is 0.400. The molecule has 4 rings (SSSR count). The molecular formula is C30H38N2O3. The van der Waals surface area contributed by atoms with Crippen LogP contribution < -0.4 is 15.2 Å². The van der Waals surface area contributed by atoms with Gasteiger partial charge in [0, 0.05) is 35.3 Å². The zero-order chi connectivity index (χ0) is 24.8. The van der Waals surface area contributed by atoms with Crippen molar-refractivity contribution in [1.29, 1.82) is 0 Å². The maximum absolute atomic E-state index is 10.8. The highest BCUT2D eigenvalue weighted by molar-refractivity contribution is 5.86. The molecule has 0 unspecified atom stereocenters. The number of aromatic hydroxyl groups is 1. The molecule has 5 nitrogen and oxygen atoms in total. The van der Waals surface area contributed by atoms with E-state index in [1.54, 1.807) is 7.11 Å². The predicted octanol–water partition coefficient (Wildman–Crippen LogP) is 5.84. The number of phenolic OH excluding ortho intramolecular Hbond substituents is 1. The number of nitrogens with zero attached hydrogens (tertiary/aromatic N) is 1. The summed E-state index contributed by atoms with van der Waals surface area (Å²) in [4.78, 5) is 2.28. The quantitative estimate of drug-likeness (QED) is 0.361. The Hall–Kier alpha value is -3.18. The second kappa shape index (κ2) is 11.5. The van der Waals surface area contributed by atoms with Crippen LogP contribution in [0.1, 0.15) is 48.4 Å². The predicted molar refractivity (Wildman–Crippen MR) is 144 cm³/mol. The van der Waals surface area contributed by atoms with Crippen LogP contribution in [0.3, 0.4) is 0 Å². The molecule has 1 aliphatic rings. The molecule has 3 N–H and O–H groups in total. The molecule has 0 radical (unpaired) electrons. The lowest BCUT2D eigenvalue weighted by Crippen LogP contribution is -2.24. The Bertz CT molecular complexity index is 1140. The number of fused-ring (bicyclic) bond motifs is 1. The van der Waals surface area contributed by atoms with E-state index >= 15 is 0 Å². The number of methoxy groups -OCH3 is 1. The minimum atomic E-state index is 0.291. The Kier molecular flexibility index (Phi) is 8.19. The topological polar surface area (TPSA) is 68.0 Å². The van der Waals surface area contributed by atoms with Crippen molar-refractivity contribution in [1.82, 2.24) is 4.90 Å². The Morgan fingerprint density at radius 3 is 2.49 bits per heavy atom. The number of hydrogen-bond donors (Lipinski definition) is 2. The number of aryl methyl sites for hydroxylation is 1. The molecule has 0 aromatic heterocycles. The van der Waals surface area contributed by atoms with E-state index in [0.29, 0.717) is 24.5 Å². The van der Waals surface area contributed by atoms with E-state index in [0.717, 1.165) is 72.5 Å². The van der Waals surface area contributed by atoms with Gasteiger partial charge in [-0.15, -0.1) is 0 Å². The van der Waals surface area contributed by atoms with E-state index in [1.165, 1.54) is 17.5 Å². The molecule has 0 spiro atoms.